The second kappa shape index (κ2) is 10.1. The number of carbonyl (C=O) groups is 1. The average molecular weight is 443 g/mol. The predicted octanol–water partition coefficient (Wildman–Crippen LogP) is 3.66. The van der Waals surface area contributed by atoms with E-state index in [0.29, 0.717) is 28.1 Å². The predicted molar refractivity (Wildman–Crippen MR) is 127 cm³/mol. The van der Waals surface area contributed by atoms with Crippen molar-refractivity contribution < 1.29 is 9.53 Å². The molecule has 2 aromatic carbocycles. The number of aromatic nitrogens is 3. The Morgan fingerprint density at radius 3 is 2.42 bits per heavy atom. The van der Waals surface area contributed by atoms with Crippen LogP contribution in [0, 0.1) is 0 Å². The molecule has 0 bridgehead atoms. The van der Waals surface area contributed by atoms with Gasteiger partial charge in [-0.2, -0.15) is 5.10 Å². The first-order chi connectivity index (χ1) is 16.0. The fourth-order valence-corrected chi connectivity index (χ4v) is 3.52. The molecule has 0 fully saturated rings. The van der Waals surface area contributed by atoms with Crippen molar-refractivity contribution in [2.45, 2.75) is 32.9 Å². The summed E-state index contributed by atoms with van der Waals surface area (Å²) in [6.07, 6.45) is 1.68. The fourth-order valence-electron chi connectivity index (χ4n) is 3.52. The largest absolute Gasteiger partial charge is 0.484 e. The van der Waals surface area contributed by atoms with Crippen molar-refractivity contribution in [1.82, 2.24) is 20.1 Å². The Morgan fingerprint density at radius 1 is 1.00 bits per heavy atom. The number of hydrogen-bond acceptors (Lipinski definition) is 5. The van der Waals surface area contributed by atoms with E-state index in [9.17, 15) is 9.59 Å². The number of benzene rings is 2. The Labute approximate surface area is 192 Å². The first-order valence-corrected chi connectivity index (χ1v) is 10.9. The van der Waals surface area contributed by atoms with Crippen LogP contribution in [0.4, 0.5) is 0 Å². The van der Waals surface area contributed by atoms with Gasteiger partial charge in [-0.25, -0.2) is 4.68 Å². The number of nitrogens with one attached hydrogen (secondary N) is 1. The van der Waals surface area contributed by atoms with Crippen LogP contribution in [-0.4, -0.2) is 27.3 Å². The summed E-state index contributed by atoms with van der Waals surface area (Å²) in [7, 11) is 0. The third-order valence-corrected chi connectivity index (χ3v) is 5.35. The molecule has 0 aliphatic carbocycles. The molecular weight excluding hydrogens is 416 g/mol. The van der Waals surface area contributed by atoms with E-state index in [1.807, 2.05) is 60.7 Å². The summed E-state index contributed by atoms with van der Waals surface area (Å²) in [6.45, 7) is 4.58. The van der Waals surface area contributed by atoms with Crippen molar-refractivity contribution in [2.75, 3.05) is 6.61 Å². The van der Waals surface area contributed by atoms with Gasteiger partial charge in [-0.05, 0) is 41.8 Å². The lowest BCUT2D eigenvalue weighted by Crippen LogP contribution is -2.31. The van der Waals surface area contributed by atoms with Crippen LogP contribution in [0.5, 0.6) is 5.75 Å². The van der Waals surface area contributed by atoms with Crippen molar-refractivity contribution in [3.8, 4) is 5.75 Å². The normalized spacial score (nSPS) is 11.0. The van der Waals surface area contributed by atoms with E-state index in [1.54, 1.807) is 12.3 Å². The molecule has 0 aliphatic heterocycles. The molecule has 7 nitrogen and oxygen atoms in total. The van der Waals surface area contributed by atoms with Gasteiger partial charge in [0, 0.05) is 11.6 Å². The van der Waals surface area contributed by atoms with E-state index in [-0.39, 0.29) is 31.2 Å². The van der Waals surface area contributed by atoms with E-state index in [1.165, 1.54) is 10.2 Å². The first kappa shape index (κ1) is 22.2. The molecule has 33 heavy (non-hydrogen) atoms. The molecule has 0 aliphatic rings. The second-order valence-corrected chi connectivity index (χ2v) is 8.07. The average Bonchev–Trinajstić information content (AvgIpc) is 2.84. The van der Waals surface area contributed by atoms with Gasteiger partial charge in [0.1, 0.15) is 5.75 Å². The monoisotopic (exact) mass is 442 g/mol. The summed E-state index contributed by atoms with van der Waals surface area (Å²) < 4.78 is 6.99. The first-order valence-electron chi connectivity index (χ1n) is 10.9. The lowest BCUT2D eigenvalue weighted by molar-refractivity contribution is -0.123. The van der Waals surface area contributed by atoms with E-state index < -0.39 is 0 Å². The highest BCUT2D eigenvalue weighted by molar-refractivity contribution is 5.84. The van der Waals surface area contributed by atoms with Gasteiger partial charge < -0.3 is 10.1 Å². The summed E-state index contributed by atoms with van der Waals surface area (Å²) in [5.41, 5.74) is 2.36. The van der Waals surface area contributed by atoms with Crippen LogP contribution in [0.1, 0.15) is 36.7 Å². The third kappa shape index (κ3) is 5.44. The van der Waals surface area contributed by atoms with Crippen molar-refractivity contribution in [3.63, 3.8) is 0 Å². The number of nitrogens with zero attached hydrogens (tertiary/aromatic N) is 3. The van der Waals surface area contributed by atoms with Gasteiger partial charge in [-0.15, -0.1) is 0 Å². The van der Waals surface area contributed by atoms with E-state index in [4.69, 9.17) is 4.74 Å². The zero-order valence-corrected chi connectivity index (χ0v) is 18.7. The van der Waals surface area contributed by atoms with Crippen LogP contribution in [0.15, 0.2) is 77.7 Å². The molecule has 4 aromatic rings. The number of amides is 1. The molecule has 4 rings (SSSR count). The highest BCUT2D eigenvalue weighted by Crippen LogP contribution is 2.18. The molecule has 0 saturated carbocycles. The molecule has 168 valence electrons. The van der Waals surface area contributed by atoms with Gasteiger partial charge in [-0.3, -0.25) is 14.6 Å². The molecule has 0 unspecified atom stereocenters. The van der Waals surface area contributed by atoms with Crippen molar-refractivity contribution >= 4 is 16.7 Å². The topological polar surface area (TPSA) is 86.1 Å². The number of ether oxygens (including phenoxy) is 1. The maximum absolute atomic E-state index is 12.9. The van der Waals surface area contributed by atoms with Crippen LogP contribution >= 0.6 is 0 Å². The van der Waals surface area contributed by atoms with Crippen LogP contribution in [0.2, 0.25) is 0 Å². The molecule has 1 N–H and O–H groups in total. The highest BCUT2D eigenvalue weighted by atomic mass is 16.5. The lowest BCUT2D eigenvalue weighted by atomic mass is 10.0. The van der Waals surface area contributed by atoms with Gasteiger partial charge in [-0.1, -0.05) is 50.2 Å². The van der Waals surface area contributed by atoms with E-state index in [2.05, 4.69) is 29.2 Å². The number of rotatable bonds is 8. The number of pyridine rings is 1. The van der Waals surface area contributed by atoms with Crippen molar-refractivity contribution in [3.05, 3.63) is 100 Å². The summed E-state index contributed by atoms with van der Waals surface area (Å²) in [5.74, 6) is 0.809. The van der Waals surface area contributed by atoms with Gasteiger partial charge in [0.25, 0.3) is 11.5 Å². The molecular formula is C26H26N4O3. The molecule has 7 heteroatoms. The van der Waals surface area contributed by atoms with Gasteiger partial charge >= 0.3 is 0 Å². The molecule has 2 heterocycles. The highest BCUT2D eigenvalue weighted by Gasteiger charge is 2.12. The second-order valence-electron chi connectivity index (χ2n) is 8.07. The van der Waals surface area contributed by atoms with Crippen LogP contribution in [0.3, 0.4) is 0 Å². The Balaban J connectivity index is 1.46. The number of hydrogen-bond donors (Lipinski definition) is 1. The molecule has 2 aromatic heterocycles. The molecule has 0 radical (unpaired) electrons. The minimum Gasteiger partial charge on any atom is -0.484 e. The SMILES string of the molecule is CC(C)c1ccc(OCC(=O)NCc2nn(Cc3ccccn3)c(=O)c3ccccc23)cc1. The Bertz CT molecular complexity index is 1300. The third-order valence-electron chi connectivity index (χ3n) is 5.35. The zero-order chi connectivity index (χ0) is 23.2. The standard InChI is InChI=1S/C26H26N4O3/c1-18(2)19-10-12-21(13-11-19)33-17-25(31)28-15-24-22-8-3-4-9-23(22)26(32)30(29-24)16-20-7-5-6-14-27-20/h3-14,18H,15-17H2,1-2H3,(H,28,31). The van der Waals surface area contributed by atoms with E-state index in [0.717, 1.165) is 5.69 Å². The Morgan fingerprint density at radius 2 is 1.73 bits per heavy atom. The number of fused-ring (bicyclic) bond motifs is 1. The summed E-state index contributed by atoms with van der Waals surface area (Å²) in [4.78, 5) is 29.6. The fraction of sp³-hybridized carbons (Fsp3) is 0.231. The maximum atomic E-state index is 12.9. The van der Waals surface area contributed by atoms with Crippen molar-refractivity contribution in [1.29, 1.82) is 0 Å². The summed E-state index contributed by atoms with van der Waals surface area (Å²) in [6, 6.07) is 20.5. The summed E-state index contributed by atoms with van der Waals surface area (Å²) in [5, 5.41) is 8.63. The van der Waals surface area contributed by atoms with Gasteiger partial charge in [0.05, 0.1) is 29.9 Å². The molecule has 0 saturated heterocycles. The Kier molecular flexibility index (Phi) is 6.78. The zero-order valence-electron chi connectivity index (χ0n) is 18.7. The maximum Gasteiger partial charge on any atom is 0.275 e. The molecule has 0 atom stereocenters. The van der Waals surface area contributed by atoms with Crippen molar-refractivity contribution in [2.24, 2.45) is 0 Å². The van der Waals surface area contributed by atoms with E-state index >= 15 is 0 Å². The minimum absolute atomic E-state index is 0.105. The number of carbonyl (C=O) groups excluding carboxylic acids is 1. The summed E-state index contributed by atoms with van der Waals surface area (Å²) >= 11 is 0. The lowest BCUT2D eigenvalue weighted by Gasteiger charge is -2.12. The minimum atomic E-state index is -0.267. The van der Waals surface area contributed by atoms with Crippen LogP contribution in [0.25, 0.3) is 10.8 Å². The smallest absolute Gasteiger partial charge is 0.275 e. The van der Waals surface area contributed by atoms with Crippen LogP contribution in [-0.2, 0) is 17.9 Å². The van der Waals surface area contributed by atoms with Gasteiger partial charge in [0.2, 0.25) is 0 Å². The quantitative estimate of drug-likeness (QED) is 0.450. The van der Waals surface area contributed by atoms with Gasteiger partial charge in [0.15, 0.2) is 6.61 Å². The molecule has 0 spiro atoms. The molecule has 1 amide bonds. The Hall–Kier alpha value is -4.00. The van der Waals surface area contributed by atoms with Crippen LogP contribution < -0.4 is 15.6 Å².